The van der Waals surface area contributed by atoms with Crippen LogP contribution in [-0.2, 0) is 9.53 Å². The Morgan fingerprint density at radius 1 is 0.846 bits per heavy atom. The zero-order chi connectivity index (χ0) is 18.4. The molecular formula is C22H20O4. The number of fused-ring (bicyclic) bond motifs is 1. The zero-order valence-corrected chi connectivity index (χ0v) is 14.6. The topological polar surface area (TPSA) is 44.8 Å². The summed E-state index contributed by atoms with van der Waals surface area (Å²) in [5, 5.41) is 1.89. The lowest BCUT2D eigenvalue weighted by Gasteiger charge is -2.13. The summed E-state index contributed by atoms with van der Waals surface area (Å²) in [6.45, 7) is 5.60. The number of carbonyl (C=O) groups excluding carboxylic acids is 1. The van der Waals surface area contributed by atoms with Gasteiger partial charge in [-0.2, -0.15) is 0 Å². The Kier molecular flexibility index (Phi) is 5.54. The molecule has 0 saturated carbocycles. The molecule has 0 amide bonds. The van der Waals surface area contributed by atoms with Crippen molar-refractivity contribution in [2.24, 2.45) is 0 Å². The van der Waals surface area contributed by atoms with E-state index in [1.165, 1.54) is 0 Å². The van der Waals surface area contributed by atoms with Gasteiger partial charge in [0.15, 0.2) is 0 Å². The van der Waals surface area contributed by atoms with Crippen molar-refractivity contribution in [2.75, 3.05) is 13.2 Å². The highest BCUT2D eigenvalue weighted by atomic mass is 16.6. The molecule has 3 rings (SSSR count). The number of ether oxygens (including phenoxy) is 3. The van der Waals surface area contributed by atoms with Crippen LogP contribution in [-0.4, -0.2) is 19.2 Å². The van der Waals surface area contributed by atoms with Gasteiger partial charge in [-0.3, -0.25) is 0 Å². The number of para-hydroxylation sites is 1. The quantitative estimate of drug-likeness (QED) is 0.337. The normalized spacial score (nSPS) is 10.3. The van der Waals surface area contributed by atoms with Gasteiger partial charge in [0.05, 0.1) is 0 Å². The van der Waals surface area contributed by atoms with Crippen molar-refractivity contribution >= 4 is 16.7 Å². The fourth-order valence-electron chi connectivity index (χ4n) is 2.49. The van der Waals surface area contributed by atoms with Crippen molar-refractivity contribution in [1.82, 2.24) is 0 Å². The average Bonchev–Trinajstić information content (AvgIpc) is 2.66. The Bertz CT molecular complexity index is 916. The van der Waals surface area contributed by atoms with Crippen LogP contribution in [0.15, 0.2) is 78.9 Å². The molecule has 3 aromatic rings. The Morgan fingerprint density at radius 3 is 2.19 bits per heavy atom. The van der Waals surface area contributed by atoms with E-state index in [1.807, 2.05) is 66.7 Å². The van der Waals surface area contributed by atoms with Gasteiger partial charge in [0.2, 0.25) is 0 Å². The molecule has 26 heavy (non-hydrogen) atoms. The highest BCUT2D eigenvalue weighted by Crippen LogP contribution is 2.34. The summed E-state index contributed by atoms with van der Waals surface area (Å²) in [7, 11) is 0. The third-order valence-electron chi connectivity index (χ3n) is 3.74. The SMILES string of the molecule is C=C(C)C(=O)OCCOc1cccc2c(Oc3ccccc3)cccc12. The molecule has 0 saturated heterocycles. The minimum absolute atomic E-state index is 0.169. The molecular weight excluding hydrogens is 328 g/mol. The second kappa shape index (κ2) is 8.21. The molecule has 4 heteroatoms. The molecule has 0 spiro atoms. The first-order valence-electron chi connectivity index (χ1n) is 8.35. The average molecular weight is 348 g/mol. The summed E-state index contributed by atoms with van der Waals surface area (Å²) >= 11 is 0. The van der Waals surface area contributed by atoms with E-state index in [4.69, 9.17) is 14.2 Å². The fraction of sp³-hybridized carbons (Fsp3) is 0.136. The summed E-state index contributed by atoms with van der Waals surface area (Å²) in [5.74, 6) is 1.84. The van der Waals surface area contributed by atoms with E-state index in [1.54, 1.807) is 6.92 Å². The molecule has 132 valence electrons. The molecule has 0 aliphatic carbocycles. The van der Waals surface area contributed by atoms with Crippen molar-refractivity contribution in [1.29, 1.82) is 0 Å². The Labute approximate surface area is 152 Å². The molecule has 0 unspecified atom stereocenters. The largest absolute Gasteiger partial charge is 0.489 e. The lowest BCUT2D eigenvalue weighted by atomic mass is 10.1. The van der Waals surface area contributed by atoms with Gasteiger partial charge >= 0.3 is 5.97 Å². The molecule has 0 fully saturated rings. The minimum atomic E-state index is -0.412. The van der Waals surface area contributed by atoms with E-state index >= 15 is 0 Å². The number of hydrogen-bond donors (Lipinski definition) is 0. The molecule has 0 aliphatic rings. The highest BCUT2D eigenvalue weighted by Gasteiger charge is 2.08. The van der Waals surface area contributed by atoms with Crippen LogP contribution in [0.5, 0.6) is 17.2 Å². The van der Waals surface area contributed by atoms with Gasteiger partial charge in [-0.05, 0) is 31.2 Å². The van der Waals surface area contributed by atoms with Crippen molar-refractivity contribution in [3.8, 4) is 17.2 Å². The van der Waals surface area contributed by atoms with Crippen LogP contribution < -0.4 is 9.47 Å². The third kappa shape index (κ3) is 4.22. The second-order valence-electron chi connectivity index (χ2n) is 5.79. The van der Waals surface area contributed by atoms with Gasteiger partial charge in [-0.15, -0.1) is 0 Å². The standard InChI is InChI=1S/C22H20O4/c1-16(2)22(23)25-15-14-24-20-12-6-11-19-18(20)10-7-13-21(19)26-17-8-4-3-5-9-17/h3-13H,1,14-15H2,2H3. The molecule has 0 aliphatic heterocycles. The first-order chi connectivity index (χ1) is 12.6. The van der Waals surface area contributed by atoms with Gasteiger partial charge < -0.3 is 14.2 Å². The monoisotopic (exact) mass is 348 g/mol. The molecule has 0 radical (unpaired) electrons. The van der Waals surface area contributed by atoms with E-state index < -0.39 is 5.97 Å². The van der Waals surface area contributed by atoms with Crippen LogP contribution in [0.4, 0.5) is 0 Å². The van der Waals surface area contributed by atoms with Crippen LogP contribution in [0.1, 0.15) is 6.92 Å². The predicted octanol–water partition coefficient (Wildman–Crippen LogP) is 5.13. The van der Waals surface area contributed by atoms with E-state index in [2.05, 4.69) is 6.58 Å². The van der Waals surface area contributed by atoms with Crippen molar-refractivity contribution in [3.63, 3.8) is 0 Å². The van der Waals surface area contributed by atoms with E-state index in [-0.39, 0.29) is 13.2 Å². The van der Waals surface area contributed by atoms with Crippen molar-refractivity contribution in [3.05, 3.63) is 78.9 Å². The third-order valence-corrected chi connectivity index (χ3v) is 3.74. The number of esters is 1. The number of carbonyl (C=O) groups is 1. The smallest absolute Gasteiger partial charge is 0.333 e. The summed E-state index contributed by atoms with van der Waals surface area (Å²) in [6, 6.07) is 21.2. The van der Waals surface area contributed by atoms with E-state index in [9.17, 15) is 4.79 Å². The first-order valence-corrected chi connectivity index (χ1v) is 8.35. The van der Waals surface area contributed by atoms with Gasteiger partial charge in [-0.1, -0.05) is 49.0 Å². The molecule has 0 bridgehead atoms. The van der Waals surface area contributed by atoms with Gasteiger partial charge in [-0.25, -0.2) is 4.79 Å². The summed E-state index contributed by atoms with van der Waals surface area (Å²) in [6.07, 6.45) is 0. The number of rotatable bonds is 7. The Morgan fingerprint density at radius 2 is 1.50 bits per heavy atom. The van der Waals surface area contributed by atoms with Crippen molar-refractivity contribution < 1.29 is 19.0 Å². The van der Waals surface area contributed by atoms with Gasteiger partial charge in [0, 0.05) is 16.3 Å². The highest BCUT2D eigenvalue weighted by molar-refractivity contribution is 5.93. The van der Waals surface area contributed by atoms with Gasteiger partial charge in [0.25, 0.3) is 0 Å². The maximum Gasteiger partial charge on any atom is 0.333 e. The van der Waals surface area contributed by atoms with Crippen LogP contribution in [0, 0.1) is 0 Å². The summed E-state index contributed by atoms with van der Waals surface area (Å²) in [5.41, 5.74) is 0.373. The minimum Gasteiger partial charge on any atom is -0.489 e. The molecule has 0 aromatic heterocycles. The van der Waals surface area contributed by atoms with Crippen LogP contribution >= 0.6 is 0 Å². The second-order valence-corrected chi connectivity index (χ2v) is 5.79. The summed E-state index contributed by atoms with van der Waals surface area (Å²) in [4.78, 5) is 11.4. The predicted molar refractivity (Wildman–Crippen MR) is 102 cm³/mol. The zero-order valence-electron chi connectivity index (χ0n) is 14.6. The molecule has 0 atom stereocenters. The van der Waals surface area contributed by atoms with Crippen LogP contribution in [0.2, 0.25) is 0 Å². The number of benzene rings is 3. The number of hydrogen-bond acceptors (Lipinski definition) is 4. The van der Waals surface area contributed by atoms with Crippen LogP contribution in [0.25, 0.3) is 10.8 Å². The lowest BCUT2D eigenvalue weighted by Crippen LogP contribution is -2.12. The van der Waals surface area contributed by atoms with Crippen LogP contribution in [0.3, 0.4) is 0 Å². The van der Waals surface area contributed by atoms with E-state index in [0.717, 1.165) is 22.3 Å². The first kappa shape index (κ1) is 17.5. The lowest BCUT2D eigenvalue weighted by molar-refractivity contribution is -0.139. The van der Waals surface area contributed by atoms with Gasteiger partial charge in [0.1, 0.15) is 30.5 Å². The molecule has 4 nitrogen and oxygen atoms in total. The summed E-state index contributed by atoms with van der Waals surface area (Å²) < 4.78 is 16.8. The molecule has 3 aromatic carbocycles. The maximum absolute atomic E-state index is 11.4. The molecule has 0 heterocycles. The molecule has 0 N–H and O–H groups in total. The maximum atomic E-state index is 11.4. The Hall–Kier alpha value is -3.27. The fourth-order valence-corrected chi connectivity index (χ4v) is 2.49. The van der Waals surface area contributed by atoms with Crippen molar-refractivity contribution in [2.45, 2.75) is 6.92 Å². The van der Waals surface area contributed by atoms with E-state index in [0.29, 0.717) is 11.3 Å². The Balaban J connectivity index is 1.75.